The first-order valence-corrected chi connectivity index (χ1v) is 11.9. The highest BCUT2D eigenvalue weighted by atomic mass is 19.1. The molecular weight excluding hydrogens is 468 g/mol. The van der Waals surface area contributed by atoms with Crippen LogP contribution in [0.2, 0.25) is 0 Å². The Bertz CT molecular complexity index is 1220. The van der Waals surface area contributed by atoms with E-state index in [9.17, 15) is 18.4 Å². The fourth-order valence-corrected chi connectivity index (χ4v) is 4.35. The SMILES string of the molecule is CC(C)N1CC[C@H](NC(=O)c2cc(-c3ccc(F)cc3F)on2)[C@@H](C(=O)N[C@@H](C)c2ccccn2)C1. The van der Waals surface area contributed by atoms with Crippen LogP contribution in [0.15, 0.2) is 53.2 Å². The molecule has 1 aromatic carbocycles. The minimum Gasteiger partial charge on any atom is -0.355 e. The molecule has 1 saturated heterocycles. The number of carbonyl (C=O) groups is 2. The summed E-state index contributed by atoms with van der Waals surface area (Å²) in [5.74, 6) is -2.76. The van der Waals surface area contributed by atoms with Gasteiger partial charge in [-0.25, -0.2) is 8.78 Å². The number of carbonyl (C=O) groups excluding carboxylic acids is 2. The largest absolute Gasteiger partial charge is 0.355 e. The molecule has 1 fully saturated rings. The number of likely N-dealkylation sites (tertiary alicyclic amines) is 1. The molecule has 0 unspecified atom stereocenters. The summed E-state index contributed by atoms with van der Waals surface area (Å²) in [5.41, 5.74) is 0.682. The van der Waals surface area contributed by atoms with Crippen molar-refractivity contribution in [1.29, 1.82) is 0 Å². The Labute approximate surface area is 208 Å². The van der Waals surface area contributed by atoms with E-state index in [4.69, 9.17) is 4.52 Å². The number of amides is 2. The summed E-state index contributed by atoms with van der Waals surface area (Å²) < 4.78 is 32.5. The number of nitrogens with one attached hydrogen (secondary N) is 2. The molecule has 3 heterocycles. The van der Waals surface area contributed by atoms with Crippen LogP contribution in [0.1, 0.15) is 49.4 Å². The van der Waals surface area contributed by atoms with Crippen molar-refractivity contribution < 1.29 is 22.9 Å². The van der Waals surface area contributed by atoms with Gasteiger partial charge in [0.25, 0.3) is 5.91 Å². The summed E-state index contributed by atoms with van der Waals surface area (Å²) in [6.07, 6.45) is 2.24. The summed E-state index contributed by atoms with van der Waals surface area (Å²) in [6, 6.07) is 9.37. The quantitative estimate of drug-likeness (QED) is 0.516. The van der Waals surface area contributed by atoms with Gasteiger partial charge >= 0.3 is 0 Å². The summed E-state index contributed by atoms with van der Waals surface area (Å²) in [5, 5.41) is 9.68. The van der Waals surface area contributed by atoms with Gasteiger partial charge in [-0.15, -0.1) is 0 Å². The average molecular weight is 498 g/mol. The number of rotatable bonds is 7. The third kappa shape index (κ3) is 5.76. The highest BCUT2D eigenvalue weighted by molar-refractivity contribution is 5.94. The Morgan fingerprint density at radius 1 is 1.14 bits per heavy atom. The fraction of sp³-hybridized carbons (Fsp3) is 0.385. The predicted octanol–water partition coefficient (Wildman–Crippen LogP) is 3.72. The molecule has 0 aliphatic carbocycles. The first kappa shape index (κ1) is 25.4. The Hall–Kier alpha value is -3.66. The van der Waals surface area contributed by atoms with E-state index < -0.39 is 29.5 Å². The Balaban J connectivity index is 1.48. The molecule has 2 N–H and O–H groups in total. The van der Waals surface area contributed by atoms with Crippen molar-refractivity contribution in [3.8, 4) is 11.3 Å². The minimum atomic E-state index is -0.821. The molecule has 8 nitrogen and oxygen atoms in total. The molecule has 1 aliphatic rings. The van der Waals surface area contributed by atoms with Gasteiger partial charge in [-0.05, 0) is 51.5 Å². The van der Waals surface area contributed by atoms with Crippen LogP contribution in [0.3, 0.4) is 0 Å². The van der Waals surface area contributed by atoms with Crippen LogP contribution < -0.4 is 10.6 Å². The lowest BCUT2D eigenvalue weighted by Gasteiger charge is -2.40. The molecule has 2 amide bonds. The highest BCUT2D eigenvalue weighted by Crippen LogP contribution is 2.25. The smallest absolute Gasteiger partial charge is 0.273 e. The summed E-state index contributed by atoms with van der Waals surface area (Å²) in [4.78, 5) is 32.8. The van der Waals surface area contributed by atoms with E-state index in [2.05, 4.69) is 39.5 Å². The molecule has 0 spiro atoms. The zero-order valence-corrected chi connectivity index (χ0v) is 20.4. The number of piperidine rings is 1. The van der Waals surface area contributed by atoms with Crippen molar-refractivity contribution in [3.05, 3.63) is 71.7 Å². The number of nitrogens with zero attached hydrogens (tertiary/aromatic N) is 3. The molecule has 0 radical (unpaired) electrons. The van der Waals surface area contributed by atoms with E-state index in [0.29, 0.717) is 19.5 Å². The zero-order chi connectivity index (χ0) is 25.8. The number of benzene rings is 1. The number of aromatic nitrogens is 2. The Morgan fingerprint density at radius 3 is 2.64 bits per heavy atom. The molecule has 190 valence electrons. The van der Waals surface area contributed by atoms with Crippen LogP contribution in [0, 0.1) is 17.6 Å². The zero-order valence-electron chi connectivity index (χ0n) is 20.4. The van der Waals surface area contributed by atoms with Gasteiger partial charge in [0.05, 0.1) is 23.2 Å². The molecule has 36 heavy (non-hydrogen) atoms. The second-order valence-corrected chi connectivity index (χ2v) is 9.25. The lowest BCUT2D eigenvalue weighted by Crippen LogP contribution is -2.57. The molecule has 4 rings (SSSR count). The average Bonchev–Trinajstić information content (AvgIpc) is 3.34. The normalized spacial score (nSPS) is 19.2. The maximum atomic E-state index is 14.1. The standard InChI is InChI=1S/C26H29F2N5O3/c1-15(2)33-11-9-22(19(14-33)25(34)30-16(3)21-6-4-5-10-29-21)31-26(35)23-13-24(36-32-23)18-8-7-17(27)12-20(18)28/h4-8,10,12-13,15-16,19,22H,9,11,14H2,1-3H3,(H,30,34)(H,31,35)/t16-,19-,22-/m0/s1. The minimum absolute atomic E-state index is 0.00533. The van der Waals surface area contributed by atoms with Crippen molar-refractivity contribution in [2.75, 3.05) is 13.1 Å². The van der Waals surface area contributed by atoms with Gasteiger partial charge in [-0.3, -0.25) is 19.5 Å². The monoisotopic (exact) mass is 497 g/mol. The number of hydrogen-bond acceptors (Lipinski definition) is 6. The van der Waals surface area contributed by atoms with Crippen molar-refractivity contribution in [1.82, 2.24) is 25.7 Å². The van der Waals surface area contributed by atoms with Crippen LogP contribution in [-0.2, 0) is 4.79 Å². The molecule has 1 aliphatic heterocycles. The van der Waals surface area contributed by atoms with E-state index in [0.717, 1.165) is 17.8 Å². The van der Waals surface area contributed by atoms with Crippen LogP contribution in [0.5, 0.6) is 0 Å². The maximum absolute atomic E-state index is 14.1. The van der Waals surface area contributed by atoms with E-state index >= 15 is 0 Å². The van der Waals surface area contributed by atoms with Crippen molar-refractivity contribution in [2.24, 2.45) is 5.92 Å². The topological polar surface area (TPSA) is 100 Å². The predicted molar refractivity (Wildman–Crippen MR) is 129 cm³/mol. The van der Waals surface area contributed by atoms with E-state index in [-0.39, 0.29) is 35.0 Å². The first-order valence-electron chi connectivity index (χ1n) is 11.9. The van der Waals surface area contributed by atoms with Crippen molar-refractivity contribution >= 4 is 11.8 Å². The first-order chi connectivity index (χ1) is 17.2. The lowest BCUT2D eigenvalue weighted by atomic mass is 9.90. The van der Waals surface area contributed by atoms with Gasteiger partial charge in [0, 0.05) is 43.5 Å². The van der Waals surface area contributed by atoms with E-state index in [1.165, 1.54) is 12.1 Å². The summed E-state index contributed by atoms with van der Waals surface area (Å²) >= 11 is 0. The van der Waals surface area contributed by atoms with Crippen molar-refractivity contribution in [3.63, 3.8) is 0 Å². The fourth-order valence-electron chi connectivity index (χ4n) is 4.35. The molecule has 3 atom stereocenters. The van der Waals surface area contributed by atoms with Crippen molar-refractivity contribution in [2.45, 2.75) is 45.3 Å². The van der Waals surface area contributed by atoms with E-state index in [1.807, 2.05) is 25.1 Å². The van der Waals surface area contributed by atoms with Gasteiger partial charge in [-0.2, -0.15) is 0 Å². The lowest BCUT2D eigenvalue weighted by molar-refractivity contribution is -0.128. The van der Waals surface area contributed by atoms with Gasteiger partial charge < -0.3 is 15.2 Å². The summed E-state index contributed by atoms with van der Waals surface area (Å²) in [7, 11) is 0. The highest BCUT2D eigenvalue weighted by Gasteiger charge is 2.37. The maximum Gasteiger partial charge on any atom is 0.273 e. The summed E-state index contributed by atoms with van der Waals surface area (Å²) in [6.45, 7) is 7.19. The Kier molecular flexibility index (Phi) is 7.73. The number of hydrogen-bond donors (Lipinski definition) is 2. The van der Waals surface area contributed by atoms with E-state index in [1.54, 1.807) is 6.20 Å². The van der Waals surface area contributed by atoms with Gasteiger partial charge in [-0.1, -0.05) is 11.2 Å². The number of halogens is 2. The molecule has 0 saturated carbocycles. The van der Waals surface area contributed by atoms with Crippen LogP contribution in [0.4, 0.5) is 8.78 Å². The second kappa shape index (κ2) is 10.9. The molecule has 0 bridgehead atoms. The third-order valence-electron chi connectivity index (χ3n) is 6.46. The molecule has 10 heteroatoms. The molecule has 2 aromatic heterocycles. The van der Waals surface area contributed by atoms with Crippen LogP contribution in [0.25, 0.3) is 11.3 Å². The second-order valence-electron chi connectivity index (χ2n) is 9.25. The van der Waals surface area contributed by atoms with Crippen LogP contribution >= 0.6 is 0 Å². The van der Waals surface area contributed by atoms with Crippen LogP contribution in [-0.4, -0.2) is 52.0 Å². The number of pyridine rings is 1. The van der Waals surface area contributed by atoms with Gasteiger partial charge in [0.1, 0.15) is 11.6 Å². The molecule has 3 aromatic rings. The van der Waals surface area contributed by atoms with Gasteiger partial charge in [0.15, 0.2) is 11.5 Å². The van der Waals surface area contributed by atoms with Gasteiger partial charge in [0.2, 0.25) is 5.91 Å². The molecular formula is C26H29F2N5O3. The third-order valence-corrected chi connectivity index (χ3v) is 6.46. The Morgan fingerprint density at radius 2 is 1.94 bits per heavy atom.